The smallest absolute Gasteiger partial charge is 0.306 e. The average Bonchev–Trinajstić information content (AvgIpc) is 3.24. The van der Waals surface area contributed by atoms with Crippen LogP contribution >= 0.6 is 0 Å². The van der Waals surface area contributed by atoms with Crippen LogP contribution in [0.15, 0.2) is 60.8 Å². The van der Waals surface area contributed by atoms with E-state index in [2.05, 4.69) is 81.5 Å². The molecule has 0 spiro atoms. The summed E-state index contributed by atoms with van der Waals surface area (Å²) in [6.45, 7) is 6.53. The molecule has 0 aliphatic rings. The Morgan fingerprint density at radius 2 is 0.617 bits per heavy atom. The van der Waals surface area contributed by atoms with E-state index in [1.54, 1.807) is 0 Å². The molecule has 0 saturated carbocycles. The van der Waals surface area contributed by atoms with Gasteiger partial charge in [0.25, 0.3) is 0 Å². The molecular formula is C54H94O6. The summed E-state index contributed by atoms with van der Waals surface area (Å²) in [4.78, 5) is 37.9. The predicted octanol–water partition coefficient (Wildman–Crippen LogP) is 16.5. The van der Waals surface area contributed by atoms with Gasteiger partial charge in [-0.1, -0.05) is 223 Å². The van der Waals surface area contributed by atoms with Crippen LogP contribution in [0.2, 0.25) is 0 Å². The second-order valence-corrected chi connectivity index (χ2v) is 16.8. The Morgan fingerprint density at radius 3 is 1.00 bits per heavy atom. The fourth-order valence-electron chi connectivity index (χ4n) is 6.95. The molecule has 0 heterocycles. The minimum Gasteiger partial charge on any atom is -0.462 e. The lowest BCUT2D eigenvalue weighted by Gasteiger charge is -2.18. The molecule has 346 valence electrons. The van der Waals surface area contributed by atoms with Gasteiger partial charge < -0.3 is 14.2 Å². The van der Waals surface area contributed by atoms with E-state index in [1.165, 1.54) is 116 Å². The highest BCUT2D eigenvalue weighted by atomic mass is 16.6. The molecule has 0 aromatic carbocycles. The molecule has 0 aliphatic carbocycles. The number of carbonyl (C=O) groups excluding carboxylic acids is 3. The first-order valence-corrected chi connectivity index (χ1v) is 25.3. The van der Waals surface area contributed by atoms with Crippen molar-refractivity contribution in [3.63, 3.8) is 0 Å². The van der Waals surface area contributed by atoms with E-state index in [9.17, 15) is 14.4 Å². The molecule has 1 atom stereocenters. The summed E-state index contributed by atoms with van der Waals surface area (Å²) in [5.74, 6) is -0.935. The summed E-state index contributed by atoms with van der Waals surface area (Å²) >= 11 is 0. The Balaban J connectivity index is 4.41. The minimum absolute atomic E-state index is 0.0920. The molecule has 0 N–H and O–H groups in total. The van der Waals surface area contributed by atoms with Crippen molar-refractivity contribution in [2.45, 2.75) is 252 Å². The van der Waals surface area contributed by atoms with Crippen LogP contribution in [0.3, 0.4) is 0 Å². The van der Waals surface area contributed by atoms with E-state index in [0.717, 1.165) is 89.9 Å². The van der Waals surface area contributed by atoms with Gasteiger partial charge in [0.2, 0.25) is 0 Å². The van der Waals surface area contributed by atoms with Crippen molar-refractivity contribution in [2.24, 2.45) is 0 Å². The highest BCUT2D eigenvalue weighted by molar-refractivity contribution is 5.71. The molecule has 0 bridgehead atoms. The SMILES string of the molecule is CCCC/C=C\C=C/CCCCCC(=O)OCC(COC(=O)CCCCCCC\C=C/C=C\C=C/CCCCCCC)OC(=O)CCCCCCCCCCCCCCC. The van der Waals surface area contributed by atoms with Crippen molar-refractivity contribution >= 4 is 17.9 Å². The van der Waals surface area contributed by atoms with Gasteiger partial charge in [0.1, 0.15) is 13.2 Å². The predicted molar refractivity (Wildman–Crippen MR) is 256 cm³/mol. The molecule has 1 unspecified atom stereocenters. The van der Waals surface area contributed by atoms with Gasteiger partial charge in [-0.15, -0.1) is 0 Å². The van der Waals surface area contributed by atoms with E-state index < -0.39 is 6.10 Å². The van der Waals surface area contributed by atoms with Gasteiger partial charge in [-0.3, -0.25) is 14.4 Å². The van der Waals surface area contributed by atoms with Crippen molar-refractivity contribution in [2.75, 3.05) is 13.2 Å². The first kappa shape index (κ1) is 57.1. The maximum Gasteiger partial charge on any atom is 0.306 e. The summed E-state index contributed by atoms with van der Waals surface area (Å²) in [5.41, 5.74) is 0. The number of unbranched alkanes of at least 4 members (excludes halogenated alkanes) is 27. The van der Waals surface area contributed by atoms with E-state index in [1.807, 2.05) is 0 Å². The lowest BCUT2D eigenvalue weighted by atomic mass is 10.0. The number of carbonyl (C=O) groups is 3. The number of esters is 3. The van der Waals surface area contributed by atoms with Gasteiger partial charge in [0, 0.05) is 19.3 Å². The van der Waals surface area contributed by atoms with Crippen LogP contribution < -0.4 is 0 Å². The zero-order chi connectivity index (χ0) is 43.7. The summed E-state index contributed by atoms with van der Waals surface area (Å²) in [7, 11) is 0. The van der Waals surface area contributed by atoms with Crippen LogP contribution in [0.25, 0.3) is 0 Å². The van der Waals surface area contributed by atoms with Gasteiger partial charge in [0.15, 0.2) is 6.10 Å². The molecule has 0 aromatic heterocycles. The number of hydrogen-bond acceptors (Lipinski definition) is 6. The van der Waals surface area contributed by atoms with Gasteiger partial charge in [-0.25, -0.2) is 0 Å². The zero-order valence-electron chi connectivity index (χ0n) is 39.5. The quantitative estimate of drug-likeness (QED) is 0.0263. The third-order valence-electron chi connectivity index (χ3n) is 10.8. The van der Waals surface area contributed by atoms with E-state index in [4.69, 9.17) is 14.2 Å². The molecule has 0 radical (unpaired) electrons. The van der Waals surface area contributed by atoms with Gasteiger partial charge in [0.05, 0.1) is 0 Å². The molecule has 0 saturated heterocycles. The monoisotopic (exact) mass is 839 g/mol. The third-order valence-corrected chi connectivity index (χ3v) is 10.8. The largest absolute Gasteiger partial charge is 0.462 e. The molecule has 0 fully saturated rings. The number of hydrogen-bond donors (Lipinski definition) is 0. The Labute approximate surface area is 370 Å². The standard InChI is InChI=1S/C54H94O6/c1-4-7-10-13-16-19-22-24-25-26-27-28-30-32-35-38-41-44-47-53(56)59-50-51(49-58-52(55)46-43-40-37-34-31-21-18-15-12-9-6-3)60-54(57)48-45-42-39-36-33-29-23-20-17-14-11-8-5-2/h15,18,21-22,24-28,31,51H,4-14,16-17,19-20,23,29-30,32-50H2,1-3H3/b18-15-,24-22-,26-25-,28-27-,31-21-. The second-order valence-electron chi connectivity index (χ2n) is 16.8. The number of ether oxygens (including phenoxy) is 3. The van der Waals surface area contributed by atoms with E-state index >= 15 is 0 Å². The average molecular weight is 839 g/mol. The molecule has 6 nitrogen and oxygen atoms in total. The van der Waals surface area contributed by atoms with Crippen molar-refractivity contribution < 1.29 is 28.6 Å². The fourth-order valence-corrected chi connectivity index (χ4v) is 6.95. The number of allylic oxidation sites excluding steroid dienone is 10. The lowest BCUT2D eigenvalue weighted by molar-refractivity contribution is -0.167. The summed E-state index contributed by atoms with van der Waals surface area (Å²) in [5, 5.41) is 0. The Hall–Kier alpha value is -2.89. The molecule has 60 heavy (non-hydrogen) atoms. The minimum atomic E-state index is -0.790. The van der Waals surface area contributed by atoms with Crippen molar-refractivity contribution in [1.29, 1.82) is 0 Å². The first-order valence-electron chi connectivity index (χ1n) is 25.3. The first-order chi connectivity index (χ1) is 29.5. The molecule has 0 amide bonds. The van der Waals surface area contributed by atoms with Crippen LogP contribution in [-0.4, -0.2) is 37.2 Å². The van der Waals surface area contributed by atoms with Gasteiger partial charge in [-0.05, 0) is 64.2 Å². The fraction of sp³-hybridized carbons (Fsp3) is 0.759. The van der Waals surface area contributed by atoms with Gasteiger partial charge in [-0.2, -0.15) is 0 Å². The molecule has 0 rings (SSSR count). The lowest BCUT2D eigenvalue weighted by Crippen LogP contribution is -2.30. The summed E-state index contributed by atoms with van der Waals surface area (Å²) in [6, 6.07) is 0. The van der Waals surface area contributed by atoms with E-state index in [-0.39, 0.29) is 31.1 Å². The normalized spacial score (nSPS) is 12.5. The van der Waals surface area contributed by atoms with Crippen LogP contribution in [0.1, 0.15) is 245 Å². The molecule has 0 aromatic rings. The summed E-state index contributed by atoms with van der Waals surface area (Å²) < 4.78 is 16.7. The molecule has 6 heteroatoms. The zero-order valence-corrected chi connectivity index (χ0v) is 39.5. The third kappa shape index (κ3) is 46.2. The molecule has 0 aliphatic heterocycles. The Morgan fingerprint density at radius 1 is 0.333 bits per heavy atom. The molecular weight excluding hydrogens is 745 g/mol. The van der Waals surface area contributed by atoms with Crippen LogP contribution in [0.4, 0.5) is 0 Å². The number of rotatable bonds is 45. The van der Waals surface area contributed by atoms with Crippen molar-refractivity contribution in [1.82, 2.24) is 0 Å². The van der Waals surface area contributed by atoms with E-state index in [0.29, 0.717) is 19.3 Å². The maximum absolute atomic E-state index is 12.8. The van der Waals surface area contributed by atoms with Gasteiger partial charge >= 0.3 is 17.9 Å². The van der Waals surface area contributed by atoms with Crippen molar-refractivity contribution in [3.05, 3.63) is 60.8 Å². The topological polar surface area (TPSA) is 78.9 Å². The highest BCUT2D eigenvalue weighted by Crippen LogP contribution is 2.15. The van der Waals surface area contributed by atoms with Crippen molar-refractivity contribution in [3.8, 4) is 0 Å². The maximum atomic E-state index is 12.8. The Kier molecular flexibility index (Phi) is 46.4. The van der Waals surface area contributed by atoms with Crippen LogP contribution in [-0.2, 0) is 28.6 Å². The Bertz CT molecular complexity index is 1100. The van der Waals surface area contributed by atoms with Crippen LogP contribution in [0, 0.1) is 0 Å². The highest BCUT2D eigenvalue weighted by Gasteiger charge is 2.19. The van der Waals surface area contributed by atoms with Crippen LogP contribution in [0.5, 0.6) is 0 Å². The second kappa shape index (κ2) is 48.8. The summed E-state index contributed by atoms with van der Waals surface area (Å²) in [6.07, 6.45) is 59.1.